The van der Waals surface area contributed by atoms with Crippen molar-refractivity contribution < 1.29 is 5.11 Å². The van der Waals surface area contributed by atoms with Crippen molar-refractivity contribution in [2.75, 3.05) is 18.0 Å². The van der Waals surface area contributed by atoms with Crippen molar-refractivity contribution in [2.45, 2.75) is 69.6 Å². The number of para-hydroxylation sites is 1. The van der Waals surface area contributed by atoms with E-state index in [-0.39, 0.29) is 12.1 Å². The Balaban J connectivity index is 1.51. The van der Waals surface area contributed by atoms with Crippen molar-refractivity contribution in [2.24, 2.45) is 0 Å². The largest absolute Gasteiger partial charge is 0.392 e. The van der Waals surface area contributed by atoms with E-state index in [4.69, 9.17) is 11.6 Å². The minimum atomic E-state index is -0.170. The summed E-state index contributed by atoms with van der Waals surface area (Å²) in [7, 11) is 0. The van der Waals surface area contributed by atoms with E-state index in [9.17, 15) is 5.11 Å². The molecule has 1 saturated heterocycles. The van der Waals surface area contributed by atoms with Gasteiger partial charge in [-0.15, -0.1) is 0 Å². The van der Waals surface area contributed by atoms with Crippen molar-refractivity contribution in [3.05, 3.63) is 29.3 Å². The number of aliphatic hydroxyl groups excluding tert-OH is 1. The molecule has 0 spiro atoms. The zero-order valence-electron chi connectivity index (χ0n) is 13.9. The van der Waals surface area contributed by atoms with Crippen LogP contribution < -0.4 is 10.2 Å². The molecule has 3 nitrogen and oxygen atoms in total. The van der Waals surface area contributed by atoms with Crippen LogP contribution in [0.5, 0.6) is 0 Å². The molecule has 1 aliphatic carbocycles. The number of hydrogen-bond donors (Lipinski definition) is 2. The van der Waals surface area contributed by atoms with Gasteiger partial charge in [-0.2, -0.15) is 0 Å². The maximum Gasteiger partial charge on any atom is 0.0693 e. The fourth-order valence-electron chi connectivity index (χ4n) is 3.96. The standard InChI is InChI=1S/C19H29ClN2O/c20-16-7-5-6-9-18(16)22-13-11-15(12-14-22)21-17-8-3-1-2-4-10-19(17)23/h5-7,9,15,17,19,21,23H,1-4,8,10-14H2/t17-,19-/m0/s1. The van der Waals surface area contributed by atoms with Gasteiger partial charge in [-0.25, -0.2) is 0 Å². The predicted molar refractivity (Wildman–Crippen MR) is 97.3 cm³/mol. The summed E-state index contributed by atoms with van der Waals surface area (Å²) >= 11 is 6.31. The second-order valence-electron chi connectivity index (χ2n) is 7.04. The van der Waals surface area contributed by atoms with E-state index in [0.717, 1.165) is 49.5 Å². The molecule has 2 fully saturated rings. The maximum atomic E-state index is 10.4. The minimum absolute atomic E-state index is 0.170. The van der Waals surface area contributed by atoms with Gasteiger partial charge in [0.15, 0.2) is 0 Å². The number of aliphatic hydroxyl groups is 1. The van der Waals surface area contributed by atoms with E-state index < -0.39 is 0 Å². The Labute approximate surface area is 145 Å². The third-order valence-corrected chi connectivity index (χ3v) is 5.69. The van der Waals surface area contributed by atoms with Crippen LogP contribution in [0.2, 0.25) is 5.02 Å². The van der Waals surface area contributed by atoms with Gasteiger partial charge in [0.05, 0.1) is 16.8 Å². The molecule has 0 aromatic heterocycles. The summed E-state index contributed by atoms with van der Waals surface area (Å²) in [5, 5.41) is 15.0. The van der Waals surface area contributed by atoms with Crippen LogP contribution in [0.3, 0.4) is 0 Å². The molecule has 1 heterocycles. The molecule has 2 aliphatic rings. The van der Waals surface area contributed by atoms with Gasteiger partial charge in [-0.05, 0) is 37.8 Å². The first-order chi connectivity index (χ1) is 11.2. The number of rotatable bonds is 3. The van der Waals surface area contributed by atoms with Crippen LogP contribution in [-0.2, 0) is 0 Å². The van der Waals surface area contributed by atoms with Gasteiger partial charge in [0.1, 0.15) is 0 Å². The number of hydrogen-bond acceptors (Lipinski definition) is 3. The summed E-state index contributed by atoms with van der Waals surface area (Å²) in [6, 6.07) is 8.91. The number of anilines is 1. The van der Waals surface area contributed by atoms with Gasteiger partial charge in [-0.3, -0.25) is 0 Å². The van der Waals surface area contributed by atoms with Crippen molar-refractivity contribution in [1.29, 1.82) is 0 Å². The van der Waals surface area contributed by atoms with E-state index in [0.29, 0.717) is 6.04 Å². The van der Waals surface area contributed by atoms with Crippen LogP contribution in [0.4, 0.5) is 5.69 Å². The molecular formula is C19H29ClN2O. The Morgan fingerprint density at radius 2 is 1.65 bits per heavy atom. The normalized spacial score (nSPS) is 27.5. The Kier molecular flexibility index (Phi) is 6.21. The number of nitrogens with one attached hydrogen (secondary N) is 1. The zero-order valence-corrected chi connectivity index (χ0v) is 14.6. The molecule has 23 heavy (non-hydrogen) atoms. The number of halogens is 1. The fraction of sp³-hybridized carbons (Fsp3) is 0.684. The first-order valence-corrected chi connectivity index (χ1v) is 9.55. The Morgan fingerprint density at radius 1 is 0.957 bits per heavy atom. The van der Waals surface area contributed by atoms with Crippen LogP contribution in [0.1, 0.15) is 51.4 Å². The van der Waals surface area contributed by atoms with Crippen molar-refractivity contribution in [3.63, 3.8) is 0 Å². The molecule has 1 aromatic carbocycles. The maximum absolute atomic E-state index is 10.4. The van der Waals surface area contributed by atoms with Gasteiger partial charge in [-0.1, -0.05) is 49.4 Å². The SMILES string of the molecule is O[C@H]1CCCCCC[C@@H]1NC1CCN(c2ccccc2Cl)CC1. The highest BCUT2D eigenvalue weighted by atomic mass is 35.5. The van der Waals surface area contributed by atoms with Gasteiger partial charge < -0.3 is 15.3 Å². The molecule has 0 bridgehead atoms. The van der Waals surface area contributed by atoms with E-state index in [1.807, 2.05) is 12.1 Å². The first-order valence-electron chi connectivity index (χ1n) is 9.17. The second kappa shape index (κ2) is 8.36. The Morgan fingerprint density at radius 3 is 2.39 bits per heavy atom. The van der Waals surface area contributed by atoms with Crippen LogP contribution >= 0.6 is 11.6 Å². The molecule has 1 aliphatic heterocycles. The molecule has 0 amide bonds. The fourth-order valence-corrected chi connectivity index (χ4v) is 4.21. The summed E-state index contributed by atoms with van der Waals surface area (Å²) in [5.41, 5.74) is 1.15. The molecule has 0 radical (unpaired) electrons. The summed E-state index contributed by atoms with van der Waals surface area (Å²) in [5.74, 6) is 0. The number of piperidine rings is 1. The molecule has 4 heteroatoms. The van der Waals surface area contributed by atoms with Crippen molar-refractivity contribution in [3.8, 4) is 0 Å². The van der Waals surface area contributed by atoms with E-state index in [2.05, 4.69) is 22.3 Å². The van der Waals surface area contributed by atoms with Gasteiger partial charge >= 0.3 is 0 Å². The van der Waals surface area contributed by atoms with Crippen molar-refractivity contribution in [1.82, 2.24) is 5.32 Å². The first kappa shape index (κ1) is 17.1. The average Bonchev–Trinajstić information content (AvgIpc) is 2.56. The molecular weight excluding hydrogens is 308 g/mol. The lowest BCUT2D eigenvalue weighted by atomic mass is 9.92. The second-order valence-corrected chi connectivity index (χ2v) is 7.45. The molecule has 0 unspecified atom stereocenters. The van der Waals surface area contributed by atoms with Gasteiger partial charge in [0.25, 0.3) is 0 Å². The summed E-state index contributed by atoms with van der Waals surface area (Å²) in [6.45, 7) is 2.06. The van der Waals surface area contributed by atoms with Crippen LogP contribution in [0, 0.1) is 0 Å². The quantitative estimate of drug-likeness (QED) is 0.876. The molecule has 1 aromatic rings. The lowest BCUT2D eigenvalue weighted by Crippen LogP contribution is -2.50. The highest BCUT2D eigenvalue weighted by molar-refractivity contribution is 6.33. The number of benzene rings is 1. The van der Waals surface area contributed by atoms with E-state index >= 15 is 0 Å². The molecule has 1 saturated carbocycles. The molecule has 3 rings (SSSR count). The van der Waals surface area contributed by atoms with Gasteiger partial charge in [0.2, 0.25) is 0 Å². The highest BCUT2D eigenvalue weighted by Gasteiger charge is 2.26. The average molecular weight is 337 g/mol. The predicted octanol–water partition coefficient (Wildman–Crippen LogP) is 3.98. The zero-order chi connectivity index (χ0) is 16.1. The van der Waals surface area contributed by atoms with Crippen LogP contribution in [-0.4, -0.2) is 36.4 Å². The smallest absolute Gasteiger partial charge is 0.0693 e. The van der Waals surface area contributed by atoms with Gasteiger partial charge in [0, 0.05) is 25.2 Å². The van der Waals surface area contributed by atoms with Crippen molar-refractivity contribution >= 4 is 17.3 Å². The summed E-state index contributed by atoms with van der Waals surface area (Å²) < 4.78 is 0. The molecule has 2 N–H and O–H groups in total. The topological polar surface area (TPSA) is 35.5 Å². The Bertz CT molecular complexity index is 488. The third kappa shape index (κ3) is 4.62. The number of nitrogens with zero attached hydrogens (tertiary/aromatic N) is 1. The van der Waals surface area contributed by atoms with Crippen LogP contribution in [0.25, 0.3) is 0 Å². The lowest BCUT2D eigenvalue weighted by Gasteiger charge is -2.37. The summed E-state index contributed by atoms with van der Waals surface area (Å²) in [4.78, 5) is 2.38. The lowest BCUT2D eigenvalue weighted by molar-refractivity contribution is 0.0951. The van der Waals surface area contributed by atoms with E-state index in [1.165, 1.54) is 25.7 Å². The monoisotopic (exact) mass is 336 g/mol. The molecule has 128 valence electrons. The third-order valence-electron chi connectivity index (χ3n) is 5.37. The Hall–Kier alpha value is -0.770. The van der Waals surface area contributed by atoms with Crippen LogP contribution in [0.15, 0.2) is 24.3 Å². The van der Waals surface area contributed by atoms with E-state index in [1.54, 1.807) is 0 Å². The minimum Gasteiger partial charge on any atom is -0.392 e. The molecule has 2 atom stereocenters. The highest BCUT2D eigenvalue weighted by Crippen LogP contribution is 2.28. The summed E-state index contributed by atoms with van der Waals surface area (Å²) in [6.07, 6.45) is 9.15.